The van der Waals surface area contributed by atoms with Crippen LogP contribution >= 0.6 is 0 Å². The Labute approximate surface area is 166 Å². The van der Waals surface area contributed by atoms with Crippen LogP contribution in [0.2, 0.25) is 0 Å². The third kappa shape index (κ3) is 3.69. The van der Waals surface area contributed by atoms with Crippen LogP contribution in [0.5, 0.6) is 0 Å². The minimum absolute atomic E-state index is 0.0187. The molecule has 4 rings (SSSR count). The summed E-state index contributed by atoms with van der Waals surface area (Å²) < 4.78 is 0. The van der Waals surface area contributed by atoms with Crippen molar-refractivity contribution < 1.29 is 14.9 Å². The number of aromatic amines is 1. The molecule has 3 N–H and O–H groups in total. The number of hydrogen-bond acceptors (Lipinski definition) is 6. The van der Waals surface area contributed by atoms with Gasteiger partial charge in [-0.15, -0.1) is 0 Å². The number of rotatable bonds is 5. The topological polar surface area (TPSA) is 117 Å². The van der Waals surface area contributed by atoms with Crippen LogP contribution in [0.4, 0.5) is 11.4 Å². The van der Waals surface area contributed by atoms with E-state index in [4.69, 9.17) is 5.11 Å². The molecule has 150 valence electrons. The number of fused-ring (bicyclic) bond motifs is 1. The van der Waals surface area contributed by atoms with Gasteiger partial charge in [-0.25, -0.2) is 5.10 Å². The molecule has 1 aliphatic heterocycles. The van der Waals surface area contributed by atoms with Gasteiger partial charge >= 0.3 is 0 Å². The Morgan fingerprint density at radius 3 is 2.59 bits per heavy atom. The molecule has 0 saturated carbocycles. The maximum atomic E-state index is 12.0. The Kier molecular flexibility index (Phi) is 5.24. The Bertz CT molecular complexity index is 1110. The highest BCUT2D eigenvalue weighted by Crippen LogP contribution is 2.34. The van der Waals surface area contributed by atoms with E-state index in [-0.39, 0.29) is 22.8 Å². The van der Waals surface area contributed by atoms with Crippen LogP contribution in [0.3, 0.4) is 0 Å². The van der Waals surface area contributed by atoms with Crippen LogP contribution in [-0.4, -0.2) is 59.6 Å². The molecule has 9 nitrogen and oxygen atoms in total. The average Bonchev–Trinajstić information content (AvgIpc) is 2.75. The molecule has 1 aliphatic rings. The number of nitrogens with zero attached hydrogens (tertiary/aromatic N) is 3. The van der Waals surface area contributed by atoms with Crippen molar-refractivity contribution in [2.45, 2.75) is 0 Å². The zero-order chi connectivity index (χ0) is 20.4. The first-order valence-corrected chi connectivity index (χ1v) is 9.54. The predicted molar refractivity (Wildman–Crippen MR) is 109 cm³/mol. The van der Waals surface area contributed by atoms with E-state index in [0.29, 0.717) is 47.4 Å². The number of anilines is 1. The number of aliphatic hydroxyl groups excluding tert-OH is 1. The van der Waals surface area contributed by atoms with Gasteiger partial charge in [0.05, 0.1) is 48.8 Å². The number of benzene rings is 2. The minimum atomic E-state index is -0.375. The summed E-state index contributed by atoms with van der Waals surface area (Å²) in [5.41, 5.74) is 1.39. The third-order valence-electron chi connectivity index (χ3n) is 5.42. The molecule has 2 aromatic carbocycles. The summed E-state index contributed by atoms with van der Waals surface area (Å²) in [7, 11) is 0. The summed E-state index contributed by atoms with van der Waals surface area (Å²) >= 11 is 0. The van der Waals surface area contributed by atoms with Gasteiger partial charge in [0.25, 0.3) is 11.2 Å². The second kappa shape index (κ2) is 7.98. The summed E-state index contributed by atoms with van der Waals surface area (Å²) in [5.74, 6) is 0. The molecule has 0 unspecified atom stereocenters. The highest BCUT2D eigenvalue weighted by atomic mass is 16.6. The molecule has 2 heterocycles. The summed E-state index contributed by atoms with van der Waals surface area (Å²) in [4.78, 5) is 26.8. The SMILES string of the molecule is O=c1[nH]nc(-c2ccc(N3CC[NH+](CCO)CC3)c([N+](=O)[O-])c2)c2ccccc12. The number of nitro benzene ring substituents is 1. The Morgan fingerprint density at radius 1 is 1.17 bits per heavy atom. The van der Waals surface area contributed by atoms with E-state index in [2.05, 4.69) is 10.2 Å². The number of nitro groups is 1. The molecule has 29 heavy (non-hydrogen) atoms. The molecule has 1 aromatic heterocycles. The normalized spacial score (nSPS) is 15.0. The van der Waals surface area contributed by atoms with Crippen molar-refractivity contribution in [1.82, 2.24) is 10.2 Å². The Balaban J connectivity index is 1.72. The number of quaternary nitrogens is 1. The van der Waals surface area contributed by atoms with E-state index >= 15 is 0 Å². The highest BCUT2D eigenvalue weighted by molar-refractivity contribution is 5.94. The second-order valence-electron chi connectivity index (χ2n) is 7.12. The number of H-pyrrole nitrogens is 1. The van der Waals surface area contributed by atoms with Crippen LogP contribution in [0, 0.1) is 10.1 Å². The summed E-state index contributed by atoms with van der Waals surface area (Å²) in [5, 5.41) is 28.7. The summed E-state index contributed by atoms with van der Waals surface area (Å²) in [6.07, 6.45) is 0. The molecule has 1 saturated heterocycles. The molecule has 1 fully saturated rings. The van der Waals surface area contributed by atoms with Crippen LogP contribution < -0.4 is 15.4 Å². The van der Waals surface area contributed by atoms with E-state index in [0.717, 1.165) is 13.1 Å². The van der Waals surface area contributed by atoms with Crippen molar-refractivity contribution in [3.05, 3.63) is 62.9 Å². The van der Waals surface area contributed by atoms with Crippen LogP contribution in [0.15, 0.2) is 47.3 Å². The lowest BCUT2D eigenvalue weighted by Crippen LogP contribution is -3.15. The molecule has 0 atom stereocenters. The molecular formula is C20H22N5O4+. The zero-order valence-corrected chi connectivity index (χ0v) is 15.8. The van der Waals surface area contributed by atoms with Crippen molar-refractivity contribution in [3.8, 4) is 11.3 Å². The number of aliphatic hydroxyl groups is 1. The Morgan fingerprint density at radius 2 is 1.90 bits per heavy atom. The maximum Gasteiger partial charge on any atom is 0.293 e. The smallest absolute Gasteiger partial charge is 0.293 e. The highest BCUT2D eigenvalue weighted by Gasteiger charge is 2.26. The molecule has 9 heteroatoms. The van der Waals surface area contributed by atoms with Gasteiger partial charge < -0.3 is 14.9 Å². The van der Waals surface area contributed by atoms with Gasteiger partial charge in [0.2, 0.25) is 0 Å². The molecule has 0 bridgehead atoms. The molecule has 0 aliphatic carbocycles. The van der Waals surface area contributed by atoms with Crippen LogP contribution in [0.1, 0.15) is 0 Å². The second-order valence-corrected chi connectivity index (χ2v) is 7.12. The summed E-state index contributed by atoms with van der Waals surface area (Å²) in [6, 6.07) is 12.2. The lowest BCUT2D eigenvalue weighted by molar-refractivity contribution is -0.900. The van der Waals surface area contributed by atoms with Gasteiger partial charge in [0, 0.05) is 17.0 Å². The van der Waals surface area contributed by atoms with Crippen molar-refractivity contribution in [3.63, 3.8) is 0 Å². The average molecular weight is 396 g/mol. The van der Waals surface area contributed by atoms with E-state index in [1.807, 2.05) is 17.0 Å². The minimum Gasteiger partial charge on any atom is -0.391 e. The molecular weight excluding hydrogens is 374 g/mol. The standard InChI is InChI=1S/C20H21N5O4/c26-12-11-23-7-9-24(10-8-23)17-6-5-14(13-18(17)25(28)29)19-15-3-1-2-4-16(15)20(27)22-21-19/h1-6,13,26H,7-12H2,(H,22,27)/p+1. The van der Waals surface area contributed by atoms with Crippen molar-refractivity contribution in [2.24, 2.45) is 0 Å². The quantitative estimate of drug-likeness (QED) is 0.419. The van der Waals surface area contributed by atoms with E-state index < -0.39 is 0 Å². The fourth-order valence-corrected chi connectivity index (χ4v) is 3.89. The number of nitrogens with one attached hydrogen (secondary N) is 2. The van der Waals surface area contributed by atoms with E-state index in [9.17, 15) is 14.9 Å². The lowest BCUT2D eigenvalue weighted by Gasteiger charge is -2.33. The van der Waals surface area contributed by atoms with Gasteiger partial charge in [-0.1, -0.05) is 24.3 Å². The number of piperazine rings is 1. The van der Waals surface area contributed by atoms with E-state index in [1.54, 1.807) is 24.3 Å². The first-order chi connectivity index (χ1) is 14.1. The van der Waals surface area contributed by atoms with Crippen LogP contribution in [-0.2, 0) is 0 Å². The summed E-state index contributed by atoms with van der Waals surface area (Å²) in [6.45, 7) is 3.87. The third-order valence-corrected chi connectivity index (χ3v) is 5.42. The fraction of sp³-hybridized carbons (Fsp3) is 0.300. The monoisotopic (exact) mass is 396 g/mol. The van der Waals surface area contributed by atoms with Crippen molar-refractivity contribution in [1.29, 1.82) is 0 Å². The lowest BCUT2D eigenvalue weighted by atomic mass is 10.0. The first-order valence-electron chi connectivity index (χ1n) is 9.54. The zero-order valence-electron chi connectivity index (χ0n) is 15.8. The molecule has 0 radical (unpaired) electrons. The molecule has 3 aromatic rings. The number of aromatic nitrogens is 2. The molecule has 0 spiro atoms. The van der Waals surface area contributed by atoms with Gasteiger partial charge in [-0.05, 0) is 12.1 Å². The van der Waals surface area contributed by atoms with Gasteiger partial charge in [0.1, 0.15) is 12.2 Å². The first kappa shape index (κ1) is 19.0. The van der Waals surface area contributed by atoms with Gasteiger partial charge in [0.15, 0.2) is 0 Å². The Hall–Kier alpha value is -3.30. The molecule has 0 amide bonds. The van der Waals surface area contributed by atoms with Gasteiger partial charge in [-0.3, -0.25) is 14.9 Å². The van der Waals surface area contributed by atoms with Crippen LogP contribution in [0.25, 0.3) is 22.0 Å². The fourth-order valence-electron chi connectivity index (χ4n) is 3.89. The number of hydrogen-bond donors (Lipinski definition) is 3. The largest absolute Gasteiger partial charge is 0.391 e. The van der Waals surface area contributed by atoms with Gasteiger partial charge in [-0.2, -0.15) is 5.10 Å². The van der Waals surface area contributed by atoms with Crippen molar-refractivity contribution >= 4 is 22.1 Å². The maximum absolute atomic E-state index is 12.0. The van der Waals surface area contributed by atoms with Crippen molar-refractivity contribution in [2.75, 3.05) is 44.2 Å². The van der Waals surface area contributed by atoms with E-state index in [1.165, 1.54) is 11.0 Å². The predicted octanol–water partition coefficient (Wildman–Crippen LogP) is 0.196.